The summed E-state index contributed by atoms with van der Waals surface area (Å²) in [5.41, 5.74) is 0. The van der Waals surface area contributed by atoms with E-state index in [9.17, 15) is 8.42 Å². The second-order valence-corrected chi connectivity index (χ2v) is 8.29. The molecule has 114 valence electrons. The van der Waals surface area contributed by atoms with E-state index in [4.69, 9.17) is 0 Å². The number of piperidine rings is 1. The van der Waals surface area contributed by atoms with Crippen LogP contribution in [0.15, 0.2) is 6.20 Å². The van der Waals surface area contributed by atoms with E-state index < -0.39 is 10.2 Å². The summed E-state index contributed by atoms with van der Waals surface area (Å²) in [6.07, 6.45) is 3.80. The average Bonchev–Trinajstić information content (AvgIpc) is 2.87. The molecular formula is C13H23N3O2S2. The molecule has 0 bridgehead atoms. The topological polar surface area (TPSA) is 53.5 Å². The molecule has 0 aromatic carbocycles. The van der Waals surface area contributed by atoms with E-state index in [0.29, 0.717) is 26.2 Å². The van der Waals surface area contributed by atoms with Crippen LogP contribution >= 0.6 is 11.3 Å². The Bertz CT molecular complexity index is 538. The Morgan fingerprint density at radius 2 is 2.15 bits per heavy atom. The highest BCUT2D eigenvalue weighted by Gasteiger charge is 2.33. The van der Waals surface area contributed by atoms with Crippen molar-refractivity contribution in [3.05, 3.63) is 16.1 Å². The molecule has 0 N–H and O–H groups in total. The Kier molecular flexibility index (Phi) is 5.17. The van der Waals surface area contributed by atoms with Crippen LogP contribution < -0.4 is 0 Å². The molecule has 0 spiro atoms. The molecule has 5 nitrogen and oxygen atoms in total. The van der Waals surface area contributed by atoms with E-state index >= 15 is 0 Å². The molecule has 0 saturated carbocycles. The lowest BCUT2D eigenvalue weighted by Crippen LogP contribution is -2.47. The van der Waals surface area contributed by atoms with Crippen molar-refractivity contribution in [2.45, 2.75) is 39.5 Å². The van der Waals surface area contributed by atoms with Crippen LogP contribution in [0.4, 0.5) is 0 Å². The predicted molar refractivity (Wildman–Crippen MR) is 82.2 cm³/mol. The summed E-state index contributed by atoms with van der Waals surface area (Å²) >= 11 is 1.68. The van der Waals surface area contributed by atoms with Gasteiger partial charge in [-0.15, -0.1) is 11.3 Å². The van der Waals surface area contributed by atoms with Gasteiger partial charge in [-0.3, -0.25) is 0 Å². The first kappa shape index (κ1) is 15.9. The Hall–Kier alpha value is -0.500. The third-order valence-corrected chi connectivity index (χ3v) is 6.96. The fraction of sp³-hybridized carbons (Fsp3) is 0.769. The first-order valence-corrected chi connectivity index (χ1v) is 9.37. The van der Waals surface area contributed by atoms with Crippen LogP contribution in [0, 0.1) is 6.92 Å². The number of aryl methyl sites for hydroxylation is 1. The van der Waals surface area contributed by atoms with Gasteiger partial charge in [-0.05, 0) is 19.8 Å². The van der Waals surface area contributed by atoms with Gasteiger partial charge in [-0.1, -0.05) is 13.8 Å². The third kappa shape index (κ3) is 3.21. The maximum absolute atomic E-state index is 12.6. The summed E-state index contributed by atoms with van der Waals surface area (Å²) in [6.45, 7) is 8.03. The van der Waals surface area contributed by atoms with Gasteiger partial charge >= 0.3 is 0 Å². The molecule has 1 atom stereocenters. The van der Waals surface area contributed by atoms with Crippen LogP contribution in [0.2, 0.25) is 0 Å². The van der Waals surface area contributed by atoms with E-state index in [1.165, 1.54) is 9.18 Å². The van der Waals surface area contributed by atoms with Gasteiger partial charge in [-0.2, -0.15) is 17.0 Å². The summed E-state index contributed by atoms with van der Waals surface area (Å²) in [7, 11) is -3.31. The van der Waals surface area contributed by atoms with Crippen molar-refractivity contribution in [3.63, 3.8) is 0 Å². The zero-order valence-corrected chi connectivity index (χ0v) is 14.0. The molecule has 1 saturated heterocycles. The Morgan fingerprint density at radius 1 is 1.45 bits per heavy atom. The van der Waals surface area contributed by atoms with E-state index in [1.54, 1.807) is 15.6 Å². The molecular weight excluding hydrogens is 294 g/mol. The van der Waals surface area contributed by atoms with Crippen LogP contribution in [0.5, 0.6) is 0 Å². The van der Waals surface area contributed by atoms with Crippen molar-refractivity contribution in [1.29, 1.82) is 0 Å². The number of aromatic nitrogens is 1. The summed E-state index contributed by atoms with van der Waals surface area (Å²) in [5, 5.41) is 1.07. The van der Waals surface area contributed by atoms with E-state index in [2.05, 4.69) is 4.98 Å². The molecule has 1 aromatic heterocycles. The van der Waals surface area contributed by atoms with Crippen molar-refractivity contribution in [2.24, 2.45) is 0 Å². The first-order valence-electron chi connectivity index (χ1n) is 7.16. The lowest BCUT2D eigenvalue weighted by molar-refractivity contribution is 0.287. The molecule has 2 rings (SSSR count). The molecule has 0 unspecified atom stereocenters. The van der Waals surface area contributed by atoms with Crippen molar-refractivity contribution >= 4 is 21.5 Å². The molecule has 20 heavy (non-hydrogen) atoms. The molecule has 1 fully saturated rings. The summed E-state index contributed by atoms with van der Waals surface area (Å²) in [4.78, 5) is 5.61. The quantitative estimate of drug-likeness (QED) is 0.837. The van der Waals surface area contributed by atoms with Crippen molar-refractivity contribution in [3.8, 4) is 0 Å². The zero-order valence-electron chi connectivity index (χ0n) is 12.4. The van der Waals surface area contributed by atoms with Gasteiger partial charge in [-0.25, -0.2) is 4.98 Å². The summed E-state index contributed by atoms with van der Waals surface area (Å²) < 4.78 is 28.3. The van der Waals surface area contributed by atoms with Crippen molar-refractivity contribution in [1.82, 2.24) is 13.6 Å². The van der Waals surface area contributed by atoms with Crippen molar-refractivity contribution in [2.75, 3.05) is 26.2 Å². The molecule has 0 radical (unpaired) electrons. The first-order chi connectivity index (χ1) is 9.48. The molecule has 0 aliphatic carbocycles. The molecule has 1 aromatic rings. The van der Waals surface area contributed by atoms with Crippen LogP contribution in [-0.4, -0.2) is 48.2 Å². The van der Waals surface area contributed by atoms with Gasteiger partial charge in [0.2, 0.25) is 0 Å². The minimum atomic E-state index is -3.31. The van der Waals surface area contributed by atoms with E-state index in [-0.39, 0.29) is 5.92 Å². The average molecular weight is 317 g/mol. The largest absolute Gasteiger partial charge is 0.281 e. The normalized spacial score (nSPS) is 21.5. The van der Waals surface area contributed by atoms with Crippen molar-refractivity contribution < 1.29 is 8.42 Å². The SMILES string of the molecule is CCN(CC)S(=O)(=O)N1CCC[C@H](c2ncc(C)s2)C1. The highest BCUT2D eigenvalue weighted by Crippen LogP contribution is 2.31. The van der Waals surface area contributed by atoms with Gasteiger partial charge in [0.15, 0.2) is 0 Å². The number of nitrogens with zero attached hydrogens (tertiary/aromatic N) is 3. The molecule has 1 aliphatic heterocycles. The Balaban J connectivity index is 2.14. The standard InChI is InChI=1S/C13H23N3O2S2/c1-4-15(5-2)20(17,18)16-8-6-7-12(10-16)13-14-9-11(3)19-13/h9,12H,4-8,10H2,1-3H3/t12-/m0/s1. The minimum Gasteiger partial charge on any atom is -0.249 e. The lowest BCUT2D eigenvalue weighted by Gasteiger charge is -2.34. The molecule has 7 heteroatoms. The molecule has 2 heterocycles. The monoisotopic (exact) mass is 317 g/mol. The van der Waals surface area contributed by atoms with Crippen LogP contribution in [-0.2, 0) is 10.2 Å². The smallest absolute Gasteiger partial charge is 0.249 e. The predicted octanol–water partition coefficient (Wildman–Crippen LogP) is 2.22. The highest BCUT2D eigenvalue weighted by molar-refractivity contribution is 7.86. The molecule has 1 aliphatic rings. The number of thiazole rings is 1. The van der Waals surface area contributed by atoms with Crippen LogP contribution in [0.3, 0.4) is 0 Å². The van der Waals surface area contributed by atoms with Gasteiger partial charge in [0.25, 0.3) is 10.2 Å². The van der Waals surface area contributed by atoms with E-state index in [1.807, 2.05) is 27.0 Å². The van der Waals surface area contributed by atoms with Gasteiger partial charge in [0, 0.05) is 43.2 Å². The zero-order chi connectivity index (χ0) is 14.8. The highest BCUT2D eigenvalue weighted by atomic mass is 32.2. The second-order valence-electron chi connectivity index (χ2n) is 5.10. The van der Waals surface area contributed by atoms with Gasteiger partial charge in [0.1, 0.15) is 0 Å². The van der Waals surface area contributed by atoms with Crippen LogP contribution in [0.25, 0.3) is 0 Å². The summed E-state index contributed by atoms with van der Waals surface area (Å²) in [6, 6.07) is 0. The third-order valence-electron chi connectivity index (χ3n) is 3.73. The van der Waals surface area contributed by atoms with Gasteiger partial charge in [0.05, 0.1) is 5.01 Å². The van der Waals surface area contributed by atoms with E-state index in [0.717, 1.165) is 17.8 Å². The van der Waals surface area contributed by atoms with Crippen LogP contribution in [0.1, 0.15) is 42.5 Å². The number of hydrogen-bond donors (Lipinski definition) is 0. The minimum absolute atomic E-state index is 0.243. The molecule has 0 amide bonds. The van der Waals surface area contributed by atoms with Gasteiger partial charge < -0.3 is 0 Å². The maximum atomic E-state index is 12.6. The number of rotatable bonds is 5. The maximum Gasteiger partial charge on any atom is 0.281 e. The lowest BCUT2D eigenvalue weighted by atomic mass is 10.0. The Labute approximate surface area is 125 Å². The fourth-order valence-corrected chi connectivity index (χ4v) is 5.23. The summed E-state index contributed by atoms with van der Waals surface area (Å²) in [5.74, 6) is 0.243. The number of hydrogen-bond acceptors (Lipinski definition) is 4. The Morgan fingerprint density at radius 3 is 2.70 bits per heavy atom. The fourth-order valence-electron chi connectivity index (χ4n) is 2.63. The second kappa shape index (κ2) is 6.51.